The van der Waals surface area contributed by atoms with Gasteiger partial charge in [0.05, 0.1) is 12.8 Å². The normalized spacial score (nSPS) is 22.4. The van der Waals surface area contributed by atoms with E-state index in [4.69, 9.17) is 14.4 Å². The van der Waals surface area contributed by atoms with Crippen LogP contribution >= 0.6 is 0 Å². The highest BCUT2D eigenvalue weighted by Crippen LogP contribution is 2.35. The van der Waals surface area contributed by atoms with Gasteiger partial charge in [-0.3, -0.25) is 10.3 Å². The van der Waals surface area contributed by atoms with Crippen LogP contribution in [0.2, 0.25) is 0 Å². The van der Waals surface area contributed by atoms with Gasteiger partial charge in [0.15, 0.2) is 0 Å². The molecule has 4 rings (SSSR count). The second-order valence-corrected chi connectivity index (χ2v) is 7.85. The number of ether oxygens (including phenoxy) is 1. The summed E-state index contributed by atoms with van der Waals surface area (Å²) in [5.74, 6) is 0.813. The van der Waals surface area contributed by atoms with Gasteiger partial charge in [-0.15, -0.1) is 5.06 Å². The lowest BCUT2D eigenvalue weighted by molar-refractivity contribution is -0.157. The Morgan fingerprint density at radius 1 is 1.25 bits per heavy atom. The van der Waals surface area contributed by atoms with Crippen molar-refractivity contribution < 1.29 is 19.2 Å². The molecular formula is C21H29N3O4. The highest BCUT2D eigenvalue weighted by molar-refractivity contribution is 5.68. The topological polar surface area (TPSA) is 72.1 Å². The molecule has 0 aromatic heterocycles. The summed E-state index contributed by atoms with van der Waals surface area (Å²) in [6.45, 7) is 1.28. The van der Waals surface area contributed by atoms with Gasteiger partial charge in [0.1, 0.15) is 11.4 Å². The van der Waals surface area contributed by atoms with E-state index < -0.39 is 0 Å². The first-order valence-corrected chi connectivity index (χ1v) is 10.2. The van der Waals surface area contributed by atoms with Gasteiger partial charge in [-0.2, -0.15) is 0 Å². The van der Waals surface area contributed by atoms with E-state index in [-0.39, 0.29) is 17.7 Å². The molecule has 0 bridgehead atoms. The number of hydrogen-bond acceptors (Lipinski definition) is 6. The Morgan fingerprint density at radius 3 is 2.79 bits per heavy atom. The van der Waals surface area contributed by atoms with Gasteiger partial charge in [0.25, 0.3) is 0 Å². The van der Waals surface area contributed by atoms with E-state index in [2.05, 4.69) is 16.9 Å². The molecule has 152 valence electrons. The molecule has 2 fully saturated rings. The summed E-state index contributed by atoms with van der Waals surface area (Å²) in [5, 5.41) is 4.74. The fourth-order valence-corrected chi connectivity index (χ4v) is 4.17. The molecule has 7 nitrogen and oxygen atoms in total. The van der Waals surface area contributed by atoms with Gasteiger partial charge in [-0.1, -0.05) is 31.4 Å². The number of amides is 1. The summed E-state index contributed by atoms with van der Waals surface area (Å²) in [4.78, 5) is 23.6. The van der Waals surface area contributed by atoms with E-state index in [0.717, 1.165) is 42.7 Å². The minimum atomic E-state index is -0.363. The SMILES string of the molecule is COc1cccc(C2=CC3(CCN(OC(=O)NC4CCCCC4)CC3)ON2)c1. The molecule has 1 aliphatic carbocycles. The molecule has 0 unspecified atom stereocenters. The standard InChI is InChI=1S/C21H29N3O4/c1-26-18-9-5-6-16(14-18)19-15-21(28-23-19)10-12-24(13-11-21)27-20(25)22-17-7-3-2-4-8-17/h5-6,9,14-15,17,23H,2-4,7-8,10-13H2,1H3,(H,22,25). The first-order valence-electron chi connectivity index (χ1n) is 10.2. The monoisotopic (exact) mass is 387 g/mol. The number of piperidine rings is 1. The van der Waals surface area contributed by atoms with Gasteiger partial charge in [-0.05, 0) is 43.9 Å². The van der Waals surface area contributed by atoms with Crippen molar-refractivity contribution in [3.05, 3.63) is 35.9 Å². The molecule has 1 saturated heterocycles. The Balaban J connectivity index is 1.29. The zero-order chi connectivity index (χ0) is 19.4. The maximum atomic E-state index is 12.1. The van der Waals surface area contributed by atoms with E-state index in [1.807, 2.05) is 24.3 Å². The van der Waals surface area contributed by atoms with Crippen LogP contribution in [0.1, 0.15) is 50.5 Å². The van der Waals surface area contributed by atoms with Gasteiger partial charge in [0, 0.05) is 24.7 Å². The summed E-state index contributed by atoms with van der Waals surface area (Å²) in [7, 11) is 1.66. The summed E-state index contributed by atoms with van der Waals surface area (Å²) in [5.41, 5.74) is 4.68. The Kier molecular flexibility index (Phi) is 5.73. The van der Waals surface area contributed by atoms with Crippen LogP contribution < -0.4 is 15.5 Å². The highest BCUT2D eigenvalue weighted by atomic mass is 16.7. The van der Waals surface area contributed by atoms with Crippen LogP contribution in [-0.2, 0) is 9.68 Å². The molecule has 1 aromatic carbocycles. The third-order valence-corrected chi connectivity index (χ3v) is 5.86. The smallest absolute Gasteiger partial charge is 0.426 e. The van der Waals surface area contributed by atoms with E-state index >= 15 is 0 Å². The average Bonchev–Trinajstić information content (AvgIpc) is 3.14. The van der Waals surface area contributed by atoms with Crippen molar-refractivity contribution in [2.24, 2.45) is 0 Å². The van der Waals surface area contributed by atoms with Crippen LogP contribution in [0.5, 0.6) is 5.75 Å². The third kappa shape index (κ3) is 4.42. The fourth-order valence-electron chi connectivity index (χ4n) is 4.17. The molecule has 0 atom stereocenters. The molecule has 1 amide bonds. The van der Waals surface area contributed by atoms with Crippen molar-refractivity contribution in [3.8, 4) is 5.75 Å². The van der Waals surface area contributed by atoms with Crippen molar-refractivity contribution >= 4 is 11.8 Å². The lowest BCUT2D eigenvalue weighted by Crippen LogP contribution is -2.47. The largest absolute Gasteiger partial charge is 0.497 e. The number of rotatable bonds is 4. The first kappa shape index (κ1) is 19.1. The number of carbonyl (C=O) groups excluding carboxylic acids is 1. The van der Waals surface area contributed by atoms with E-state index in [1.165, 1.54) is 19.3 Å². The second-order valence-electron chi connectivity index (χ2n) is 7.85. The van der Waals surface area contributed by atoms with Gasteiger partial charge < -0.3 is 14.9 Å². The van der Waals surface area contributed by atoms with Crippen molar-refractivity contribution in [2.75, 3.05) is 20.2 Å². The molecule has 2 heterocycles. The molecule has 1 saturated carbocycles. The molecule has 2 N–H and O–H groups in total. The van der Waals surface area contributed by atoms with Crippen molar-refractivity contribution in [1.82, 2.24) is 15.9 Å². The number of methoxy groups -OCH3 is 1. The lowest BCUT2D eigenvalue weighted by Gasteiger charge is -2.35. The van der Waals surface area contributed by atoms with E-state index in [9.17, 15) is 4.79 Å². The maximum Gasteiger partial charge on any atom is 0.426 e. The number of hydroxylamine groups is 3. The predicted octanol–water partition coefficient (Wildman–Crippen LogP) is 3.38. The fraction of sp³-hybridized carbons (Fsp3) is 0.571. The Bertz CT molecular complexity index is 722. The average molecular weight is 387 g/mol. The number of nitrogens with zero attached hydrogens (tertiary/aromatic N) is 1. The van der Waals surface area contributed by atoms with Gasteiger partial charge in [0.2, 0.25) is 0 Å². The van der Waals surface area contributed by atoms with Gasteiger partial charge >= 0.3 is 6.09 Å². The summed E-state index contributed by atoms with van der Waals surface area (Å²) in [6.07, 6.45) is 9.05. The third-order valence-electron chi connectivity index (χ3n) is 5.86. The lowest BCUT2D eigenvalue weighted by atomic mass is 9.91. The predicted molar refractivity (Wildman–Crippen MR) is 105 cm³/mol. The molecule has 0 radical (unpaired) electrons. The number of carbonyl (C=O) groups is 1. The van der Waals surface area contributed by atoms with Crippen LogP contribution in [0.15, 0.2) is 30.3 Å². The zero-order valence-corrected chi connectivity index (χ0v) is 16.4. The second kappa shape index (κ2) is 8.41. The summed E-state index contributed by atoms with van der Waals surface area (Å²) in [6, 6.07) is 8.15. The quantitative estimate of drug-likeness (QED) is 0.825. The molecule has 28 heavy (non-hydrogen) atoms. The minimum absolute atomic E-state index is 0.258. The zero-order valence-electron chi connectivity index (χ0n) is 16.4. The highest BCUT2D eigenvalue weighted by Gasteiger charge is 2.40. The van der Waals surface area contributed by atoms with Crippen molar-refractivity contribution in [1.29, 1.82) is 0 Å². The first-order chi connectivity index (χ1) is 13.7. The number of nitrogens with one attached hydrogen (secondary N) is 2. The van der Waals surface area contributed by atoms with Crippen LogP contribution in [0.3, 0.4) is 0 Å². The van der Waals surface area contributed by atoms with Crippen LogP contribution in [0.25, 0.3) is 5.70 Å². The Labute approximate surface area is 165 Å². The van der Waals surface area contributed by atoms with E-state index in [0.29, 0.717) is 13.1 Å². The molecule has 1 spiro atoms. The molecule has 3 aliphatic rings. The number of hydrogen-bond donors (Lipinski definition) is 2. The Hall–Kier alpha value is -2.25. The number of benzene rings is 1. The van der Waals surface area contributed by atoms with E-state index in [1.54, 1.807) is 12.2 Å². The molecular weight excluding hydrogens is 358 g/mol. The summed E-state index contributed by atoms with van der Waals surface area (Å²) >= 11 is 0. The van der Waals surface area contributed by atoms with Crippen LogP contribution in [-0.4, -0.2) is 43.0 Å². The van der Waals surface area contributed by atoms with Gasteiger partial charge in [-0.25, -0.2) is 4.79 Å². The van der Waals surface area contributed by atoms with Crippen molar-refractivity contribution in [3.63, 3.8) is 0 Å². The van der Waals surface area contributed by atoms with Crippen LogP contribution in [0, 0.1) is 0 Å². The van der Waals surface area contributed by atoms with Crippen molar-refractivity contribution in [2.45, 2.75) is 56.6 Å². The Morgan fingerprint density at radius 2 is 2.04 bits per heavy atom. The van der Waals surface area contributed by atoms with Crippen LogP contribution in [0.4, 0.5) is 4.79 Å². The molecule has 7 heteroatoms. The molecule has 1 aromatic rings. The minimum Gasteiger partial charge on any atom is -0.497 e. The molecule has 2 aliphatic heterocycles. The summed E-state index contributed by atoms with van der Waals surface area (Å²) < 4.78 is 5.30. The maximum absolute atomic E-state index is 12.1.